The van der Waals surface area contributed by atoms with Crippen molar-refractivity contribution >= 4 is 11.7 Å². The third-order valence-electron chi connectivity index (χ3n) is 4.34. The monoisotopic (exact) mass is 341 g/mol. The van der Waals surface area contributed by atoms with Gasteiger partial charge in [0.1, 0.15) is 17.6 Å². The number of phenols is 1. The molecule has 0 spiro atoms. The van der Waals surface area contributed by atoms with E-state index in [0.29, 0.717) is 37.6 Å². The molecule has 3 rings (SSSR count). The maximum Gasteiger partial charge on any atom is 0.290 e. The van der Waals surface area contributed by atoms with E-state index in [0.717, 1.165) is 5.56 Å². The second kappa shape index (κ2) is 6.45. The molecule has 1 fully saturated rings. The summed E-state index contributed by atoms with van der Waals surface area (Å²) in [5, 5.41) is 19.4. The first-order valence-corrected chi connectivity index (χ1v) is 7.90. The molecule has 0 saturated carbocycles. The highest BCUT2D eigenvalue weighted by Crippen LogP contribution is 2.31. The number of carbonyl (C=O) groups excluding carboxylic acids is 1. The van der Waals surface area contributed by atoms with Crippen LogP contribution in [0.2, 0.25) is 0 Å². The number of nitrogens with zero attached hydrogens (tertiary/aromatic N) is 4. The summed E-state index contributed by atoms with van der Waals surface area (Å²) in [6.45, 7) is 5.38. The molecule has 130 valence electrons. The van der Waals surface area contributed by atoms with Crippen molar-refractivity contribution in [3.05, 3.63) is 34.8 Å². The number of benzene rings is 1. The lowest BCUT2D eigenvalue weighted by Crippen LogP contribution is -2.41. The normalized spacial score (nSPS) is 14.4. The van der Waals surface area contributed by atoms with Crippen molar-refractivity contribution in [2.75, 3.05) is 32.0 Å². The van der Waals surface area contributed by atoms with Crippen molar-refractivity contribution in [3.8, 4) is 17.5 Å². The van der Waals surface area contributed by atoms with Gasteiger partial charge < -0.3 is 20.5 Å². The van der Waals surface area contributed by atoms with Gasteiger partial charge in [-0.3, -0.25) is 9.36 Å². The number of phenolic OH excluding ortho intramolecular Hbond substituents is 1. The van der Waals surface area contributed by atoms with Crippen LogP contribution in [0.25, 0.3) is 5.69 Å². The number of carbonyl (C=O) groups is 1. The van der Waals surface area contributed by atoms with Gasteiger partial charge in [-0.25, -0.2) is 4.98 Å². The molecule has 1 aromatic carbocycles. The summed E-state index contributed by atoms with van der Waals surface area (Å²) < 4.78 is 6.73. The molecule has 1 aliphatic rings. The highest BCUT2D eigenvalue weighted by atomic mass is 16.5. The van der Waals surface area contributed by atoms with Crippen molar-refractivity contribution < 1.29 is 14.6 Å². The number of anilines is 1. The average Bonchev–Trinajstić information content (AvgIpc) is 2.95. The first-order chi connectivity index (χ1) is 12.0. The zero-order valence-electron chi connectivity index (χ0n) is 14.1. The van der Waals surface area contributed by atoms with Crippen molar-refractivity contribution in [1.82, 2.24) is 14.5 Å². The maximum absolute atomic E-state index is 12.9. The number of aryl methyl sites for hydroxylation is 1. The first-order valence-electron chi connectivity index (χ1n) is 7.90. The highest BCUT2D eigenvalue weighted by molar-refractivity contribution is 5.93. The topological polar surface area (TPSA) is 117 Å². The molecular formula is C17H19N5O3. The summed E-state index contributed by atoms with van der Waals surface area (Å²) in [7, 11) is 0. The Hall–Kier alpha value is -3.05. The Morgan fingerprint density at radius 1 is 1.36 bits per heavy atom. The van der Waals surface area contributed by atoms with E-state index < -0.39 is 0 Å². The highest BCUT2D eigenvalue weighted by Gasteiger charge is 2.28. The Labute approximate surface area is 145 Å². The van der Waals surface area contributed by atoms with E-state index in [-0.39, 0.29) is 29.0 Å². The number of nitrogen functional groups attached to an aromatic ring is 1. The largest absolute Gasteiger partial charge is 0.508 e. The van der Waals surface area contributed by atoms with Gasteiger partial charge in [0.15, 0.2) is 5.69 Å². The van der Waals surface area contributed by atoms with E-state index in [4.69, 9.17) is 10.5 Å². The Morgan fingerprint density at radius 2 is 2.04 bits per heavy atom. The van der Waals surface area contributed by atoms with Crippen LogP contribution in [-0.2, 0) is 4.74 Å². The minimum atomic E-state index is -0.321. The number of ether oxygens (including phenoxy) is 1. The van der Waals surface area contributed by atoms with Crippen LogP contribution in [0.5, 0.6) is 5.75 Å². The summed E-state index contributed by atoms with van der Waals surface area (Å²) in [5.74, 6) is -0.0979. The Balaban J connectivity index is 2.20. The summed E-state index contributed by atoms with van der Waals surface area (Å²) in [6, 6.07) is 5.23. The summed E-state index contributed by atoms with van der Waals surface area (Å²) >= 11 is 0. The Bertz CT molecular complexity index is 875. The van der Waals surface area contributed by atoms with Crippen molar-refractivity contribution in [2.24, 2.45) is 0 Å². The lowest BCUT2D eigenvalue weighted by molar-refractivity contribution is 0.0293. The maximum atomic E-state index is 12.9. The van der Waals surface area contributed by atoms with Gasteiger partial charge in [0.25, 0.3) is 5.91 Å². The standard InChI is InChI=1S/C17H19N5O3/c1-10-3-4-13(23)11(2)14(10)22-15(19)12(9-18)20-16(22)17(24)21-5-7-25-8-6-21/h3-4,23H,5-8,19H2,1-2H3. The zero-order valence-corrected chi connectivity index (χ0v) is 14.1. The third-order valence-corrected chi connectivity index (χ3v) is 4.34. The van der Waals surface area contributed by atoms with Crippen LogP contribution in [0, 0.1) is 25.2 Å². The van der Waals surface area contributed by atoms with Crippen molar-refractivity contribution in [1.29, 1.82) is 5.26 Å². The minimum absolute atomic E-state index is 0.0150. The van der Waals surface area contributed by atoms with Gasteiger partial charge in [0.05, 0.1) is 18.9 Å². The van der Waals surface area contributed by atoms with E-state index in [1.807, 2.05) is 13.0 Å². The molecule has 8 nitrogen and oxygen atoms in total. The molecule has 3 N–H and O–H groups in total. The smallest absolute Gasteiger partial charge is 0.290 e. The Kier molecular flexibility index (Phi) is 4.33. The second-order valence-corrected chi connectivity index (χ2v) is 5.90. The molecule has 0 aliphatic carbocycles. The quantitative estimate of drug-likeness (QED) is 0.845. The molecule has 0 radical (unpaired) electrons. The lowest BCUT2D eigenvalue weighted by Gasteiger charge is -2.27. The number of amides is 1. The molecule has 25 heavy (non-hydrogen) atoms. The van der Waals surface area contributed by atoms with Crippen LogP contribution < -0.4 is 5.73 Å². The molecule has 8 heteroatoms. The van der Waals surface area contributed by atoms with Crippen LogP contribution >= 0.6 is 0 Å². The van der Waals surface area contributed by atoms with E-state index in [1.165, 1.54) is 4.57 Å². The number of hydrogen-bond acceptors (Lipinski definition) is 6. The van der Waals surface area contributed by atoms with Crippen LogP contribution in [0.1, 0.15) is 27.4 Å². The van der Waals surface area contributed by atoms with Crippen molar-refractivity contribution in [3.63, 3.8) is 0 Å². The third kappa shape index (κ3) is 2.79. The van der Waals surface area contributed by atoms with Gasteiger partial charge in [0.2, 0.25) is 5.82 Å². The summed E-state index contributed by atoms with van der Waals surface area (Å²) in [6.07, 6.45) is 0. The van der Waals surface area contributed by atoms with Crippen LogP contribution in [0.3, 0.4) is 0 Å². The average molecular weight is 341 g/mol. The molecule has 1 aliphatic heterocycles. The molecule has 0 bridgehead atoms. The fourth-order valence-corrected chi connectivity index (χ4v) is 2.96. The van der Waals surface area contributed by atoms with Crippen molar-refractivity contribution in [2.45, 2.75) is 13.8 Å². The fourth-order valence-electron chi connectivity index (χ4n) is 2.96. The van der Waals surface area contributed by atoms with E-state index in [2.05, 4.69) is 4.98 Å². The number of imidazole rings is 1. The SMILES string of the molecule is Cc1ccc(O)c(C)c1-n1c(C(=O)N2CCOCC2)nc(C#N)c1N. The van der Waals surface area contributed by atoms with Gasteiger partial charge in [-0.1, -0.05) is 6.07 Å². The number of morpholine rings is 1. The van der Waals surface area contributed by atoms with Crippen LogP contribution in [0.15, 0.2) is 12.1 Å². The first kappa shape index (κ1) is 16.8. The van der Waals surface area contributed by atoms with E-state index >= 15 is 0 Å². The number of hydrogen-bond donors (Lipinski definition) is 2. The lowest BCUT2D eigenvalue weighted by atomic mass is 10.1. The van der Waals surface area contributed by atoms with Gasteiger partial charge in [-0.15, -0.1) is 0 Å². The number of rotatable bonds is 2. The minimum Gasteiger partial charge on any atom is -0.508 e. The summed E-state index contributed by atoms with van der Waals surface area (Å²) in [5.41, 5.74) is 8.01. The number of aromatic hydroxyl groups is 1. The second-order valence-electron chi connectivity index (χ2n) is 5.90. The van der Waals surface area contributed by atoms with Gasteiger partial charge >= 0.3 is 0 Å². The van der Waals surface area contributed by atoms with Crippen LogP contribution in [0.4, 0.5) is 5.82 Å². The van der Waals surface area contributed by atoms with Gasteiger partial charge in [-0.05, 0) is 25.5 Å². The molecule has 2 aromatic rings. The number of aromatic nitrogens is 2. The fraction of sp³-hybridized carbons (Fsp3) is 0.353. The molecule has 0 unspecified atom stereocenters. The molecule has 1 aromatic heterocycles. The summed E-state index contributed by atoms with van der Waals surface area (Å²) in [4.78, 5) is 18.7. The van der Waals surface area contributed by atoms with Gasteiger partial charge in [0, 0.05) is 18.7 Å². The van der Waals surface area contributed by atoms with E-state index in [9.17, 15) is 15.2 Å². The molecular weight excluding hydrogens is 322 g/mol. The predicted molar refractivity (Wildman–Crippen MR) is 90.6 cm³/mol. The van der Waals surface area contributed by atoms with E-state index in [1.54, 1.807) is 24.0 Å². The number of nitrogens with two attached hydrogens (primary N) is 1. The van der Waals surface area contributed by atoms with Gasteiger partial charge in [-0.2, -0.15) is 5.26 Å². The number of nitriles is 1. The Morgan fingerprint density at radius 3 is 2.68 bits per heavy atom. The molecule has 1 saturated heterocycles. The molecule has 1 amide bonds. The zero-order chi connectivity index (χ0) is 18.1. The van der Waals surface area contributed by atoms with Crippen LogP contribution in [-0.4, -0.2) is 51.8 Å². The predicted octanol–water partition coefficient (Wildman–Crippen LogP) is 1.12. The molecule has 2 heterocycles. The molecule has 0 atom stereocenters.